The molecule has 0 aromatic heterocycles. The van der Waals surface area contributed by atoms with Gasteiger partial charge in [0.1, 0.15) is 6.04 Å². The van der Waals surface area contributed by atoms with E-state index < -0.39 is 24.0 Å². The first kappa shape index (κ1) is 16.2. The smallest absolute Gasteiger partial charge is 0.326 e. The van der Waals surface area contributed by atoms with Crippen LogP contribution in [0, 0.1) is 0 Å². The van der Waals surface area contributed by atoms with E-state index in [-0.39, 0.29) is 18.9 Å². The van der Waals surface area contributed by atoms with Crippen molar-refractivity contribution in [3.8, 4) is 0 Å². The van der Waals surface area contributed by atoms with Gasteiger partial charge in [0.05, 0.1) is 0 Å². The number of urea groups is 1. The molecule has 1 atom stereocenters. The van der Waals surface area contributed by atoms with E-state index in [0.29, 0.717) is 0 Å². The number of amides is 2. The van der Waals surface area contributed by atoms with Crippen molar-refractivity contribution in [3.05, 3.63) is 0 Å². The van der Waals surface area contributed by atoms with Gasteiger partial charge in [-0.25, -0.2) is 9.59 Å². The number of carbonyl (C=O) groups is 3. The van der Waals surface area contributed by atoms with Crippen LogP contribution in [0.25, 0.3) is 0 Å². The molecule has 2 amide bonds. The predicted molar refractivity (Wildman–Crippen MR) is 70.5 cm³/mol. The van der Waals surface area contributed by atoms with E-state index in [1.54, 1.807) is 7.05 Å². The third-order valence-corrected chi connectivity index (χ3v) is 3.42. The van der Waals surface area contributed by atoms with Gasteiger partial charge in [-0.15, -0.1) is 0 Å². The highest BCUT2D eigenvalue weighted by Crippen LogP contribution is 2.10. The molecule has 0 radical (unpaired) electrons. The molecule has 0 aliphatic carbocycles. The molecule has 1 saturated heterocycles. The minimum absolute atomic E-state index is 0.0742. The lowest BCUT2D eigenvalue weighted by molar-refractivity contribution is -0.140. The molecule has 20 heavy (non-hydrogen) atoms. The largest absolute Gasteiger partial charge is 0.481 e. The van der Waals surface area contributed by atoms with Gasteiger partial charge in [-0.1, -0.05) is 0 Å². The molecule has 0 bridgehead atoms. The molecule has 1 aliphatic heterocycles. The minimum atomic E-state index is -1.22. The Labute approximate surface area is 117 Å². The fourth-order valence-electron chi connectivity index (χ4n) is 2.14. The summed E-state index contributed by atoms with van der Waals surface area (Å²) in [7, 11) is 1.63. The Morgan fingerprint density at radius 2 is 1.90 bits per heavy atom. The SMILES string of the molecule is CN(C(=O)N[C@@H](CCC(=O)O)C(=O)O)C1CCNCC1. The van der Waals surface area contributed by atoms with Gasteiger partial charge in [-0.05, 0) is 32.4 Å². The van der Waals surface area contributed by atoms with Gasteiger partial charge in [0.2, 0.25) is 0 Å². The first-order chi connectivity index (χ1) is 9.41. The van der Waals surface area contributed by atoms with Gasteiger partial charge in [0, 0.05) is 19.5 Å². The number of carboxylic acids is 2. The predicted octanol–water partition coefficient (Wildman–Crippen LogP) is -0.302. The molecule has 0 spiro atoms. The molecule has 1 heterocycles. The molecule has 114 valence electrons. The normalized spacial score (nSPS) is 17.2. The molecule has 1 aliphatic rings. The van der Waals surface area contributed by atoms with Crippen LogP contribution >= 0.6 is 0 Å². The average molecular weight is 287 g/mol. The molecular weight excluding hydrogens is 266 g/mol. The van der Waals surface area contributed by atoms with Crippen molar-refractivity contribution in [2.75, 3.05) is 20.1 Å². The summed E-state index contributed by atoms with van der Waals surface area (Å²) in [5.74, 6) is -2.31. The van der Waals surface area contributed by atoms with Crippen LogP contribution in [0.4, 0.5) is 4.79 Å². The second-order valence-corrected chi connectivity index (χ2v) is 4.86. The van der Waals surface area contributed by atoms with Crippen LogP contribution in [0.2, 0.25) is 0 Å². The van der Waals surface area contributed by atoms with E-state index in [1.165, 1.54) is 4.90 Å². The zero-order chi connectivity index (χ0) is 15.1. The van der Waals surface area contributed by atoms with Crippen LogP contribution in [0.3, 0.4) is 0 Å². The molecular formula is C12H21N3O5. The number of nitrogens with one attached hydrogen (secondary N) is 2. The van der Waals surface area contributed by atoms with Gasteiger partial charge >= 0.3 is 18.0 Å². The lowest BCUT2D eigenvalue weighted by Gasteiger charge is -2.32. The summed E-state index contributed by atoms with van der Waals surface area (Å²) in [5.41, 5.74) is 0. The van der Waals surface area contributed by atoms with E-state index in [1.807, 2.05) is 0 Å². The quantitative estimate of drug-likeness (QED) is 0.532. The van der Waals surface area contributed by atoms with Crippen LogP contribution in [0.5, 0.6) is 0 Å². The van der Waals surface area contributed by atoms with Gasteiger partial charge in [-0.2, -0.15) is 0 Å². The number of carboxylic acid groups (broad SMARTS) is 2. The average Bonchev–Trinajstić information content (AvgIpc) is 2.42. The lowest BCUT2D eigenvalue weighted by atomic mass is 10.1. The molecule has 4 N–H and O–H groups in total. The van der Waals surface area contributed by atoms with E-state index in [0.717, 1.165) is 25.9 Å². The third-order valence-electron chi connectivity index (χ3n) is 3.42. The van der Waals surface area contributed by atoms with Crippen LogP contribution in [-0.2, 0) is 9.59 Å². The first-order valence-electron chi connectivity index (χ1n) is 6.60. The number of rotatable bonds is 6. The van der Waals surface area contributed by atoms with Crippen molar-refractivity contribution in [2.45, 2.75) is 37.8 Å². The Kier molecular flexibility index (Phi) is 6.23. The van der Waals surface area contributed by atoms with Crippen LogP contribution in [0.15, 0.2) is 0 Å². The van der Waals surface area contributed by atoms with Gasteiger partial charge in [-0.3, -0.25) is 4.79 Å². The monoisotopic (exact) mass is 287 g/mol. The Balaban J connectivity index is 2.51. The number of hydrogen-bond donors (Lipinski definition) is 4. The zero-order valence-electron chi connectivity index (χ0n) is 11.5. The maximum absolute atomic E-state index is 12.0. The number of aliphatic carboxylic acids is 2. The summed E-state index contributed by atoms with van der Waals surface area (Å²) in [6.45, 7) is 1.65. The standard InChI is InChI=1S/C12H21N3O5/c1-15(8-4-6-13-7-5-8)12(20)14-9(11(18)19)2-3-10(16)17/h8-9,13H,2-7H2,1H3,(H,14,20)(H,16,17)(H,18,19)/t9-/m0/s1. The van der Waals surface area contributed by atoms with Gasteiger partial charge in [0.25, 0.3) is 0 Å². The summed E-state index contributed by atoms with van der Waals surface area (Å²) in [6, 6.07) is -1.58. The molecule has 0 saturated carbocycles. The maximum atomic E-state index is 12.0. The molecule has 8 nitrogen and oxygen atoms in total. The molecule has 0 unspecified atom stereocenters. The number of carbonyl (C=O) groups excluding carboxylic acids is 1. The van der Waals surface area contributed by atoms with Gasteiger partial charge in [0.15, 0.2) is 0 Å². The van der Waals surface area contributed by atoms with Crippen LogP contribution < -0.4 is 10.6 Å². The Hall–Kier alpha value is -1.83. The fraction of sp³-hybridized carbons (Fsp3) is 0.750. The van der Waals surface area contributed by atoms with Crippen molar-refractivity contribution in [1.29, 1.82) is 0 Å². The van der Waals surface area contributed by atoms with Crippen LogP contribution in [0.1, 0.15) is 25.7 Å². The molecule has 0 aromatic carbocycles. The first-order valence-corrected chi connectivity index (χ1v) is 6.60. The van der Waals surface area contributed by atoms with Crippen molar-refractivity contribution in [2.24, 2.45) is 0 Å². The third kappa shape index (κ3) is 5.04. The number of piperidine rings is 1. The van der Waals surface area contributed by atoms with Crippen LogP contribution in [-0.4, -0.2) is 65.3 Å². The molecule has 8 heteroatoms. The van der Waals surface area contributed by atoms with Crippen molar-refractivity contribution in [1.82, 2.24) is 15.5 Å². The minimum Gasteiger partial charge on any atom is -0.481 e. The number of hydrogen-bond acceptors (Lipinski definition) is 4. The number of nitrogens with zero attached hydrogens (tertiary/aromatic N) is 1. The van der Waals surface area contributed by atoms with Crippen molar-refractivity contribution >= 4 is 18.0 Å². The molecule has 1 fully saturated rings. The highest BCUT2D eigenvalue weighted by atomic mass is 16.4. The van der Waals surface area contributed by atoms with Gasteiger partial charge < -0.3 is 25.7 Å². The summed E-state index contributed by atoms with van der Waals surface area (Å²) in [5, 5.41) is 23.1. The molecule has 1 rings (SSSR count). The highest BCUT2D eigenvalue weighted by Gasteiger charge is 2.26. The van der Waals surface area contributed by atoms with Crippen molar-refractivity contribution in [3.63, 3.8) is 0 Å². The summed E-state index contributed by atoms with van der Waals surface area (Å²) < 4.78 is 0. The van der Waals surface area contributed by atoms with E-state index in [2.05, 4.69) is 10.6 Å². The Bertz CT molecular complexity index is 368. The fourth-order valence-corrected chi connectivity index (χ4v) is 2.14. The van der Waals surface area contributed by atoms with E-state index >= 15 is 0 Å². The lowest BCUT2D eigenvalue weighted by Crippen LogP contribution is -2.52. The highest BCUT2D eigenvalue weighted by molar-refractivity contribution is 5.83. The summed E-state index contributed by atoms with van der Waals surface area (Å²) >= 11 is 0. The van der Waals surface area contributed by atoms with Crippen molar-refractivity contribution < 1.29 is 24.6 Å². The van der Waals surface area contributed by atoms with E-state index in [4.69, 9.17) is 10.2 Å². The summed E-state index contributed by atoms with van der Waals surface area (Å²) in [6.07, 6.45) is 1.21. The zero-order valence-corrected chi connectivity index (χ0v) is 11.5. The summed E-state index contributed by atoms with van der Waals surface area (Å²) in [4.78, 5) is 35.0. The molecule has 0 aromatic rings. The second-order valence-electron chi connectivity index (χ2n) is 4.86. The van der Waals surface area contributed by atoms with E-state index in [9.17, 15) is 14.4 Å². The second kappa shape index (κ2) is 7.68. The Morgan fingerprint density at radius 3 is 2.40 bits per heavy atom. The maximum Gasteiger partial charge on any atom is 0.326 e. The Morgan fingerprint density at radius 1 is 1.30 bits per heavy atom. The topological polar surface area (TPSA) is 119 Å².